The van der Waals surface area contributed by atoms with E-state index in [1.165, 1.54) is 10.5 Å². The van der Waals surface area contributed by atoms with Crippen LogP contribution in [0.15, 0.2) is 59.5 Å². The summed E-state index contributed by atoms with van der Waals surface area (Å²) in [5.74, 6) is -0.399. The Morgan fingerprint density at radius 1 is 1.20 bits per heavy atom. The van der Waals surface area contributed by atoms with Gasteiger partial charge in [-0.2, -0.15) is 0 Å². The van der Waals surface area contributed by atoms with E-state index < -0.39 is 12.1 Å². The molecule has 7 nitrogen and oxygen atoms in total. The number of H-pyrrole nitrogens is 1. The Balaban J connectivity index is 1.28. The van der Waals surface area contributed by atoms with Crippen LogP contribution in [0.4, 0.5) is 4.39 Å². The highest BCUT2D eigenvalue weighted by Crippen LogP contribution is 2.21. The maximum atomic E-state index is 13.0. The van der Waals surface area contributed by atoms with E-state index in [9.17, 15) is 14.0 Å². The first-order valence-electron chi connectivity index (χ1n) is 9.79. The van der Waals surface area contributed by atoms with E-state index in [1.54, 1.807) is 24.4 Å². The van der Waals surface area contributed by atoms with Gasteiger partial charge in [0.15, 0.2) is 0 Å². The van der Waals surface area contributed by atoms with Gasteiger partial charge in [0.1, 0.15) is 17.5 Å². The van der Waals surface area contributed by atoms with Crippen molar-refractivity contribution in [2.75, 3.05) is 13.1 Å². The Morgan fingerprint density at radius 2 is 2.07 bits per heavy atom. The van der Waals surface area contributed by atoms with E-state index in [1.807, 2.05) is 18.2 Å². The van der Waals surface area contributed by atoms with Gasteiger partial charge in [-0.3, -0.25) is 18.9 Å². The van der Waals surface area contributed by atoms with Crippen LogP contribution in [-0.2, 0) is 13.1 Å². The van der Waals surface area contributed by atoms with E-state index in [0.29, 0.717) is 31.8 Å². The molecule has 0 bridgehead atoms. The first-order valence-corrected chi connectivity index (χ1v) is 9.79. The van der Waals surface area contributed by atoms with Crippen molar-refractivity contribution in [1.82, 2.24) is 24.6 Å². The Morgan fingerprint density at radius 3 is 2.90 bits per heavy atom. The average Bonchev–Trinajstić information content (AvgIpc) is 3.12. The number of benzene rings is 1. The van der Waals surface area contributed by atoms with Crippen LogP contribution in [0.2, 0.25) is 0 Å². The van der Waals surface area contributed by atoms with Gasteiger partial charge in [-0.15, -0.1) is 0 Å². The van der Waals surface area contributed by atoms with Crippen molar-refractivity contribution in [3.05, 3.63) is 82.0 Å². The third-order valence-corrected chi connectivity index (χ3v) is 5.31. The number of carbonyl (C=O) groups excluding carboxylic acids is 1. The molecule has 1 saturated heterocycles. The molecule has 2 N–H and O–H groups in total. The number of rotatable bonds is 5. The fraction of sp³-hybridized carbons (Fsp3) is 0.227. The monoisotopic (exact) mass is 405 g/mol. The maximum Gasteiger partial charge on any atom is 0.270 e. The lowest BCUT2D eigenvalue weighted by molar-refractivity contribution is 0.0582. The second-order valence-electron chi connectivity index (χ2n) is 7.60. The number of fused-ring (bicyclic) bond motifs is 2. The lowest BCUT2D eigenvalue weighted by Crippen LogP contribution is -2.47. The molecule has 1 fully saturated rings. The predicted octanol–water partition coefficient (Wildman–Crippen LogP) is 2.26. The summed E-state index contributed by atoms with van der Waals surface area (Å²) < 4.78 is 14.4. The molecule has 1 aromatic carbocycles. The zero-order valence-electron chi connectivity index (χ0n) is 16.1. The molecule has 0 unspecified atom stereocenters. The molecule has 0 radical (unpaired) electrons. The fourth-order valence-corrected chi connectivity index (χ4v) is 3.75. The lowest BCUT2D eigenvalue weighted by Gasteiger charge is -2.33. The van der Waals surface area contributed by atoms with E-state index in [2.05, 4.69) is 26.3 Å². The van der Waals surface area contributed by atoms with Crippen LogP contribution in [0.25, 0.3) is 16.6 Å². The zero-order valence-corrected chi connectivity index (χ0v) is 16.1. The lowest BCUT2D eigenvalue weighted by atomic mass is 10.1. The number of hydrogen-bond acceptors (Lipinski definition) is 4. The molecule has 1 aliphatic heterocycles. The number of likely N-dealkylation sites (tertiary alicyclic amines) is 1. The molecular formula is C22H20FN5O2. The van der Waals surface area contributed by atoms with Crippen LogP contribution in [0.3, 0.4) is 0 Å². The number of pyridine rings is 1. The summed E-state index contributed by atoms with van der Waals surface area (Å²) in [5, 5.41) is 3.89. The molecule has 8 heteroatoms. The largest absolute Gasteiger partial charge is 0.357 e. The number of nitrogens with zero attached hydrogens (tertiary/aromatic N) is 3. The van der Waals surface area contributed by atoms with Crippen LogP contribution in [0.1, 0.15) is 21.7 Å². The molecule has 5 rings (SSSR count). The quantitative estimate of drug-likeness (QED) is 0.534. The molecule has 4 aromatic rings. The van der Waals surface area contributed by atoms with Crippen LogP contribution in [-0.4, -0.2) is 44.4 Å². The SMILES string of the molecule is O=C(NCc1ccc2cc(CN3CC(F)C3)[nH]c2c1)c1cc(=O)n2ccccc2n1. The van der Waals surface area contributed by atoms with Gasteiger partial charge in [0.05, 0.1) is 0 Å². The van der Waals surface area contributed by atoms with Gasteiger partial charge in [-0.05, 0) is 35.2 Å². The van der Waals surface area contributed by atoms with Crippen LogP contribution in [0.5, 0.6) is 0 Å². The number of aromatic amines is 1. The summed E-state index contributed by atoms with van der Waals surface area (Å²) in [6.45, 7) is 1.98. The third-order valence-electron chi connectivity index (χ3n) is 5.31. The summed E-state index contributed by atoms with van der Waals surface area (Å²) in [7, 11) is 0. The minimum atomic E-state index is -0.710. The Bertz CT molecular complexity index is 1310. The number of hydrogen-bond donors (Lipinski definition) is 2. The van der Waals surface area contributed by atoms with E-state index >= 15 is 0 Å². The second kappa shape index (κ2) is 7.38. The summed E-state index contributed by atoms with van der Waals surface area (Å²) in [5.41, 5.74) is 3.16. The van der Waals surface area contributed by atoms with Crippen LogP contribution in [0, 0.1) is 0 Å². The van der Waals surface area contributed by atoms with Crippen molar-refractivity contribution in [3.8, 4) is 0 Å². The van der Waals surface area contributed by atoms with Crippen molar-refractivity contribution >= 4 is 22.5 Å². The number of aromatic nitrogens is 3. The van der Waals surface area contributed by atoms with Gasteiger partial charge in [0.2, 0.25) is 0 Å². The van der Waals surface area contributed by atoms with Crippen molar-refractivity contribution in [3.63, 3.8) is 0 Å². The Hall–Kier alpha value is -3.52. The first kappa shape index (κ1) is 18.5. The third kappa shape index (κ3) is 3.57. The van der Waals surface area contributed by atoms with E-state index in [4.69, 9.17) is 0 Å². The summed E-state index contributed by atoms with van der Waals surface area (Å²) >= 11 is 0. The van der Waals surface area contributed by atoms with Crippen molar-refractivity contribution in [2.45, 2.75) is 19.3 Å². The minimum Gasteiger partial charge on any atom is -0.357 e. The number of alkyl halides is 1. The summed E-state index contributed by atoms with van der Waals surface area (Å²) in [6.07, 6.45) is 0.905. The van der Waals surface area contributed by atoms with Gasteiger partial charge in [0, 0.05) is 49.7 Å². The van der Waals surface area contributed by atoms with Gasteiger partial charge in [-0.1, -0.05) is 18.2 Å². The maximum absolute atomic E-state index is 13.0. The molecule has 0 aliphatic carbocycles. The molecule has 1 amide bonds. The van der Waals surface area contributed by atoms with Crippen LogP contribution < -0.4 is 10.9 Å². The van der Waals surface area contributed by atoms with E-state index in [0.717, 1.165) is 22.2 Å². The molecule has 0 atom stereocenters. The molecule has 4 heterocycles. The minimum absolute atomic E-state index is 0.0927. The number of carbonyl (C=O) groups is 1. The average molecular weight is 405 g/mol. The molecule has 3 aromatic heterocycles. The fourth-order valence-electron chi connectivity index (χ4n) is 3.75. The highest BCUT2D eigenvalue weighted by atomic mass is 19.1. The Kier molecular flexibility index (Phi) is 4.55. The van der Waals surface area contributed by atoms with Gasteiger partial charge in [-0.25, -0.2) is 9.37 Å². The predicted molar refractivity (Wildman–Crippen MR) is 111 cm³/mol. The molecule has 1 aliphatic rings. The van der Waals surface area contributed by atoms with Crippen molar-refractivity contribution in [1.29, 1.82) is 0 Å². The number of halogens is 1. The normalized spacial score (nSPS) is 14.8. The smallest absolute Gasteiger partial charge is 0.270 e. The van der Waals surface area contributed by atoms with Crippen LogP contribution >= 0.6 is 0 Å². The number of nitrogens with one attached hydrogen (secondary N) is 2. The standard InChI is InChI=1S/C22H20FN5O2/c23-16-11-27(12-16)13-17-8-15-5-4-14(7-18(15)25-17)10-24-22(30)19-9-21(29)28-6-2-1-3-20(28)26-19/h1-9,16,25H,10-13H2,(H,24,30). The highest BCUT2D eigenvalue weighted by Gasteiger charge is 2.26. The molecular weight excluding hydrogens is 385 g/mol. The second-order valence-corrected chi connectivity index (χ2v) is 7.60. The zero-order chi connectivity index (χ0) is 20.7. The molecule has 0 spiro atoms. The summed E-state index contributed by atoms with van der Waals surface area (Å²) in [4.78, 5) is 34.3. The van der Waals surface area contributed by atoms with Gasteiger partial charge < -0.3 is 10.3 Å². The number of amides is 1. The molecule has 30 heavy (non-hydrogen) atoms. The Labute approximate surface area is 171 Å². The van der Waals surface area contributed by atoms with Gasteiger partial charge in [0.25, 0.3) is 11.5 Å². The summed E-state index contributed by atoms with van der Waals surface area (Å²) in [6, 6.07) is 14.4. The van der Waals surface area contributed by atoms with Crippen molar-refractivity contribution in [2.24, 2.45) is 0 Å². The molecule has 152 valence electrons. The first-order chi connectivity index (χ1) is 14.5. The molecule has 0 saturated carbocycles. The topological polar surface area (TPSA) is 82.5 Å². The van der Waals surface area contributed by atoms with E-state index in [-0.39, 0.29) is 11.3 Å². The van der Waals surface area contributed by atoms with Gasteiger partial charge >= 0.3 is 0 Å². The van der Waals surface area contributed by atoms with Crippen molar-refractivity contribution < 1.29 is 9.18 Å². The highest BCUT2D eigenvalue weighted by molar-refractivity contribution is 5.92.